The largest absolute Gasteiger partial charge is 0.507 e. The van der Waals surface area contributed by atoms with E-state index in [2.05, 4.69) is 147 Å². The van der Waals surface area contributed by atoms with Crippen molar-refractivity contribution in [3.63, 3.8) is 0 Å². The minimum Gasteiger partial charge on any atom is -0.507 e. The molecule has 0 fully saturated rings. The highest BCUT2D eigenvalue weighted by Crippen LogP contribution is 2.43. The minimum absolute atomic E-state index is 0.00806. The SMILES string of the molecule is CC(C)(C)c1ccnc(-c2cccc(-c3cc(-c4ccccc4-c4cccc5c6ccccc6n(-c6ccc(C#N)cc6)c45)cc(-c4ccccc4O)n3)c2)c1. The van der Waals surface area contributed by atoms with E-state index in [1.807, 2.05) is 48.7 Å². The molecule has 0 bridgehead atoms. The molecule has 3 aromatic heterocycles. The lowest BCUT2D eigenvalue weighted by molar-refractivity contribution is 0.477. The summed E-state index contributed by atoms with van der Waals surface area (Å²) in [4.78, 5) is 9.95. The lowest BCUT2D eigenvalue weighted by Gasteiger charge is -2.19. The number of aromatic nitrogens is 3. The molecule has 0 aliphatic rings. The number of nitrogens with zero attached hydrogens (tertiary/aromatic N) is 4. The van der Waals surface area contributed by atoms with Crippen LogP contribution in [0, 0.1) is 11.3 Å². The van der Waals surface area contributed by atoms with Crippen LogP contribution in [0.5, 0.6) is 5.75 Å². The number of aromatic hydroxyl groups is 1. The van der Waals surface area contributed by atoms with Crippen molar-refractivity contribution in [2.45, 2.75) is 26.2 Å². The van der Waals surface area contributed by atoms with Crippen LogP contribution in [-0.4, -0.2) is 19.6 Å². The molecule has 0 saturated heterocycles. The Morgan fingerprint density at radius 2 is 1.20 bits per heavy atom. The van der Waals surface area contributed by atoms with Crippen molar-refractivity contribution >= 4 is 21.8 Å². The van der Waals surface area contributed by atoms with Gasteiger partial charge in [-0.15, -0.1) is 0 Å². The Kier molecular flexibility index (Phi) is 8.52. The number of nitriles is 1. The smallest absolute Gasteiger partial charge is 0.124 e. The van der Waals surface area contributed by atoms with Gasteiger partial charge in [0.1, 0.15) is 5.75 Å². The molecule has 0 atom stereocenters. The summed E-state index contributed by atoms with van der Waals surface area (Å²) in [6, 6.07) is 57.7. The zero-order valence-corrected chi connectivity index (χ0v) is 31.4. The summed E-state index contributed by atoms with van der Waals surface area (Å²) in [5, 5.41) is 22.9. The Balaban J connectivity index is 1.27. The van der Waals surface area contributed by atoms with E-state index in [9.17, 15) is 10.4 Å². The van der Waals surface area contributed by atoms with Crippen molar-refractivity contribution in [3.8, 4) is 73.5 Å². The second kappa shape index (κ2) is 13.8. The fraction of sp³-hybridized carbons (Fsp3) is 0.0784. The molecule has 56 heavy (non-hydrogen) atoms. The molecule has 3 heterocycles. The Labute approximate surface area is 326 Å². The molecule has 5 nitrogen and oxygen atoms in total. The summed E-state index contributed by atoms with van der Waals surface area (Å²) in [5.41, 5.74) is 14.1. The van der Waals surface area contributed by atoms with Crippen molar-refractivity contribution in [2.75, 3.05) is 0 Å². The first-order valence-electron chi connectivity index (χ1n) is 18.8. The van der Waals surface area contributed by atoms with Gasteiger partial charge in [0.25, 0.3) is 0 Å². The van der Waals surface area contributed by atoms with E-state index in [-0.39, 0.29) is 11.2 Å². The summed E-state index contributed by atoms with van der Waals surface area (Å²) in [6.07, 6.45) is 1.88. The second-order valence-corrected chi connectivity index (χ2v) is 15.2. The molecular formula is C51H38N4O. The standard InChI is InChI=1S/C51H38N4O/c1-51(2,3)37-26-27-53-45(31-37)34-12-10-13-35(28-34)46-29-36(30-47(54-46)44-17-7-9-21-49(44)56)39-14-4-5-15-40(39)42-18-11-19-43-41-16-6-8-20-48(41)55(50(42)43)38-24-22-33(32-52)23-25-38/h4-31,56H,1-3H3. The predicted octanol–water partition coefficient (Wildman–Crippen LogP) is 12.8. The van der Waals surface area contributed by atoms with E-state index in [1.54, 1.807) is 6.07 Å². The lowest BCUT2D eigenvalue weighted by atomic mass is 9.87. The highest BCUT2D eigenvalue weighted by Gasteiger charge is 2.20. The molecular weight excluding hydrogens is 685 g/mol. The number of phenolic OH excluding ortho intramolecular Hbond substituents is 1. The Hall–Kier alpha value is -7.29. The molecule has 9 aromatic rings. The third kappa shape index (κ3) is 6.18. The summed E-state index contributed by atoms with van der Waals surface area (Å²) in [5.74, 6) is 0.171. The molecule has 5 heteroatoms. The van der Waals surface area contributed by atoms with E-state index >= 15 is 0 Å². The molecule has 0 radical (unpaired) electrons. The van der Waals surface area contributed by atoms with Crippen LogP contribution < -0.4 is 0 Å². The first-order chi connectivity index (χ1) is 27.3. The number of pyridine rings is 2. The van der Waals surface area contributed by atoms with Gasteiger partial charge < -0.3 is 9.67 Å². The quantitative estimate of drug-likeness (QED) is 0.185. The van der Waals surface area contributed by atoms with Gasteiger partial charge in [0.15, 0.2) is 0 Å². The van der Waals surface area contributed by atoms with Gasteiger partial charge in [-0.1, -0.05) is 112 Å². The zero-order valence-electron chi connectivity index (χ0n) is 31.4. The Morgan fingerprint density at radius 1 is 0.554 bits per heavy atom. The van der Waals surface area contributed by atoms with Gasteiger partial charge in [0, 0.05) is 44.9 Å². The van der Waals surface area contributed by atoms with Crippen molar-refractivity contribution in [3.05, 3.63) is 181 Å². The summed E-state index contributed by atoms with van der Waals surface area (Å²) >= 11 is 0. The van der Waals surface area contributed by atoms with Crippen LogP contribution in [0.25, 0.3) is 83.5 Å². The van der Waals surface area contributed by atoms with Gasteiger partial charge in [-0.3, -0.25) is 4.98 Å². The lowest BCUT2D eigenvalue weighted by Crippen LogP contribution is -2.11. The van der Waals surface area contributed by atoms with E-state index in [1.165, 1.54) is 5.56 Å². The van der Waals surface area contributed by atoms with Gasteiger partial charge in [0.05, 0.1) is 39.7 Å². The van der Waals surface area contributed by atoms with Crippen LogP contribution in [0.2, 0.25) is 0 Å². The molecule has 9 rings (SSSR count). The molecule has 0 spiro atoms. The van der Waals surface area contributed by atoms with E-state index in [0.29, 0.717) is 16.8 Å². The Morgan fingerprint density at radius 3 is 1.96 bits per heavy atom. The third-order valence-electron chi connectivity index (χ3n) is 10.6. The van der Waals surface area contributed by atoms with Gasteiger partial charge in [0.2, 0.25) is 0 Å². The van der Waals surface area contributed by atoms with Crippen LogP contribution in [0.4, 0.5) is 0 Å². The number of hydrogen-bond acceptors (Lipinski definition) is 4. The summed E-state index contributed by atoms with van der Waals surface area (Å²) in [6.45, 7) is 6.64. The minimum atomic E-state index is -0.00806. The summed E-state index contributed by atoms with van der Waals surface area (Å²) in [7, 11) is 0. The number of para-hydroxylation sites is 3. The number of fused-ring (bicyclic) bond motifs is 3. The first-order valence-corrected chi connectivity index (χ1v) is 18.8. The zero-order chi connectivity index (χ0) is 38.4. The molecule has 0 aliphatic heterocycles. The van der Waals surface area contributed by atoms with Crippen molar-refractivity contribution in [1.29, 1.82) is 5.26 Å². The highest BCUT2D eigenvalue weighted by atomic mass is 16.3. The molecule has 0 saturated carbocycles. The molecule has 0 amide bonds. The topological polar surface area (TPSA) is 74.7 Å². The predicted molar refractivity (Wildman–Crippen MR) is 229 cm³/mol. The monoisotopic (exact) mass is 722 g/mol. The van der Waals surface area contributed by atoms with Crippen LogP contribution >= 0.6 is 0 Å². The van der Waals surface area contributed by atoms with E-state index in [4.69, 9.17) is 9.97 Å². The molecule has 0 aliphatic carbocycles. The number of benzene rings is 6. The highest BCUT2D eigenvalue weighted by molar-refractivity contribution is 6.14. The fourth-order valence-corrected chi connectivity index (χ4v) is 7.71. The maximum Gasteiger partial charge on any atom is 0.124 e. The Bertz CT molecular complexity index is 2980. The van der Waals surface area contributed by atoms with Gasteiger partial charge in [-0.2, -0.15) is 5.26 Å². The number of phenols is 1. The maximum atomic E-state index is 11.1. The van der Waals surface area contributed by atoms with Crippen molar-refractivity contribution in [2.24, 2.45) is 0 Å². The fourth-order valence-electron chi connectivity index (χ4n) is 7.71. The van der Waals surface area contributed by atoms with Gasteiger partial charge in [-0.25, -0.2) is 4.98 Å². The van der Waals surface area contributed by atoms with Crippen LogP contribution in [0.3, 0.4) is 0 Å². The average Bonchev–Trinajstić information content (AvgIpc) is 3.58. The van der Waals surface area contributed by atoms with Crippen LogP contribution in [0.1, 0.15) is 31.9 Å². The normalized spacial score (nSPS) is 11.5. The van der Waals surface area contributed by atoms with E-state index < -0.39 is 0 Å². The van der Waals surface area contributed by atoms with Crippen molar-refractivity contribution < 1.29 is 5.11 Å². The first kappa shape index (κ1) is 34.5. The average molecular weight is 723 g/mol. The molecule has 1 N–H and O–H groups in total. The third-order valence-corrected chi connectivity index (χ3v) is 10.6. The van der Waals surface area contributed by atoms with Crippen molar-refractivity contribution in [1.82, 2.24) is 14.5 Å². The maximum absolute atomic E-state index is 11.1. The van der Waals surface area contributed by atoms with Gasteiger partial charge >= 0.3 is 0 Å². The number of rotatable bonds is 6. The summed E-state index contributed by atoms with van der Waals surface area (Å²) < 4.78 is 2.30. The van der Waals surface area contributed by atoms with Crippen LogP contribution in [-0.2, 0) is 5.41 Å². The van der Waals surface area contributed by atoms with E-state index in [0.717, 1.165) is 72.3 Å². The second-order valence-electron chi connectivity index (χ2n) is 15.2. The molecule has 0 unspecified atom stereocenters. The number of hydrogen-bond donors (Lipinski definition) is 1. The molecule has 6 aromatic carbocycles. The van der Waals surface area contributed by atoms with Crippen LogP contribution in [0.15, 0.2) is 170 Å². The molecule has 268 valence electrons. The van der Waals surface area contributed by atoms with Gasteiger partial charge in [-0.05, 0) is 100 Å².